The third kappa shape index (κ3) is 3.61. The Morgan fingerprint density at radius 3 is 2.62 bits per heavy atom. The fourth-order valence-electron chi connectivity index (χ4n) is 3.46. The van der Waals surface area contributed by atoms with Crippen LogP contribution in [0.4, 0.5) is 5.69 Å². The van der Waals surface area contributed by atoms with Crippen molar-refractivity contribution in [3.05, 3.63) is 36.4 Å². The number of likely N-dealkylation sites (tertiary alicyclic amines) is 1. The first-order valence-corrected chi connectivity index (χ1v) is 8.59. The number of carbonyl (C=O) groups excluding carboxylic acids is 2. The molecule has 1 N–H and O–H groups in total. The minimum atomic E-state index is -0.356. The quantitative estimate of drug-likeness (QED) is 0.865. The number of allylic oxidation sites excluding steroid dienone is 2. The van der Waals surface area contributed by atoms with E-state index in [0.29, 0.717) is 6.54 Å². The Bertz CT molecular complexity index is 624. The molecule has 2 amide bonds. The first-order valence-electron chi connectivity index (χ1n) is 8.59. The molecule has 0 spiro atoms. The maximum atomic E-state index is 12.7. The van der Waals surface area contributed by atoms with Crippen LogP contribution in [0.3, 0.4) is 0 Å². The van der Waals surface area contributed by atoms with Gasteiger partial charge < -0.3 is 15.0 Å². The number of hydrogen-bond donors (Lipinski definition) is 1. The summed E-state index contributed by atoms with van der Waals surface area (Å²) >= 11 is 0. The molecule has 2 unspecified atom stereocenters. The van der Waals surface area contributed by atoms with Crippen molar-refractivity contribution in [2.45, 2.75) is 38.1 Å². The van der Waals surface area contributed by atoms with Crippen molar-refractivity contribution in [1.82, 2.24) is 4.90 Å². The Kier molecular flexibility index (Phi) is 5.18. The van der Waals surface area contributed by atoms with Crippen LogP contribution in [-0.4, -0.2) is 36.4 Å². The first kappa shape index (κ1) is 16.6. The molecule has 0 saturated carbocycles. The zero-order valence-corrected chi connectivity index (χ0v) is 14.0. The van der Waals surface area contributed by atoms with Crippen LogP contribution >= 0.6 is 0 Å². The molecule has 1 aliphatic heterocycles. The lowest BCUT2D eigenvalue weighted by Gasteiger charge is -2.28. The summed E-state index contributed by atoms with van der Waals surface area (Å²) < 4.78 is 5.12. The molecule has 0 aromatic heterocycles. The van der Waals surface area contributed by atoms with Crippen LogP contribution in [0, 0.1) is 5.92 Å². The number of amides is 2. The molecule has 0 bridgehead atoms. The number of hydrogen-bond acceptors (Lipinski definition) is 3. The van der Waals surface area contributed by atoms with E-state index in [2.05, 4.69) is 17.5 Å². The van der Waals surface area contributed by atoms with E-state index in [9.17, 15) is 9.59 Å². The van der Waals surface area contributed by atoms with Gasteiger partial charge in [0.15, 0.2) is 0 Å². The largest absolute Gasteiger partial charge is 0.497 e. The number of anilines is 1. The molecule has 1 aromatic rings. The summed E-state index contributed by atoms with van der Waals surface area (Å²) in [7, 11) is 1.61. The van der Waals surface area contributed by atoms with Gasteiger partial charge in [0.05, 0.1) is 7.11 Å². The molecule has 5 heteroatoms. The molecule has 2 aliphatic rings. The third-order valence-corrected chi connectivity index (χ3v) is 4.81. The smallest absolute Gasteiger partial charge is 0.247 e. The van der Waals surface area contributed by atoms with Crippen molar-refractivity contribution >= 4 is 17.5 Å². The lowest BCUT2D eigenvalue weighted by Crippen LogP contribution is -2.45. The van der Waals surface area contributed by atoms with Gasteiger partial charge in [-0.05, 0) is 56.4 Å². The molecule has 0 radical (unpaired) electrons. The third-order valence-electron chi connectivity index (χ3n) is 4.81. The van der Waals surface area contributed by atoms with E-state index >= 15 is 0 Å². The van der Waals surface area contributed by atoms with Crippen molar-refractivity contribution in [3.63, 3.8) is 0 Å². The van der Waals surface area contributed by atoms with E-state index in [0.717, 1.165) is 43.5 Å². The standard InChI is InChI=1S/C19H24N2O3/c1-24-16-11-9-15(10-12-16)20-18(22)17-8-5-13-21(17)19(23)14-6-3-2-4-7-14/h2-3,9-12,14,17H,4-8,13H2,1H3,(H,20,22). The molecule has 1 aliphatic carbocycles. The van der Waals surface area contributed by atoms with Gasteiger partial charge in [0.1, 0.15) is 11.8 Å². The molecule has 1 saturated heterocycles. The zero-order chi connectivity index (χ0) is 16.9. The Labute approximate surface area is 142 Å². The Morgan fingerprint density at radius 1 is 1.17 bits per heavy atom. The summed E-state index contributed by atoms with van der Waals surface area (Å²) in [5.74, 6) is 0.810. The topological polar surface area (TPSA) is 58.6 Å². The number of nitrogens with one attached hydrogen (secondary N) is 1. The van der Waals surface area contributed by atoms with Crippen LogP contribution in [0.15, 0.2) is 36.4 Å². The molecule has 5 nitrogen and oxygen atoms in total. The van der Waals surface area contributed by atoms with Gasteiger partial charge in [-0.25, -0.2) is 0 Å². The SMILES string of the molecule is COc1ccc(NC(=O)C2CCCN2C(=O)C2CC=CCC2)cc1. The van der Waals surface area contributed by atoms with Crippen LogP contribution in [0.5, 0.6) is 5.75 Å². The zero-order valence-electron chi connectivity index (χ0n) is 14.0. The summed E-state index contributed by atoms with van der Waals surface area (Å²) in [4.78, 5) is 27.1. The summed E-state index contributed by atoms with van der Waals surface area (Å²) in [5, 5.41) is 2.92. The van der Waals surface area contributed by atoms with Crippen molar-refractivity contribution in [2.75, 3.05) is 19.0 Å². The van der Waals surface area contributed by atoms with E-state index in [1.807, 2.05) is 24.3 Å². The van der Waals surface area contributed by atoms with E-state index in [-0.39, 0.29) is 23.8 Å². The monoisotopic (exact) mass is 328 g/mol. The fourth-order valence-corrected chi connectivity index (χ4v) is 3.46. The van der Waals surface area contributed by atoms with Crippen molar-refractivity contribution in [3.8, 4) is 5.75 Å². The average molecular weight is 328 g/mol. The van der Waals surface area contributed by atoms with E-state index < -0.39 is 0 Å². The normalized spacial score (nSPS) is 23.1. The summed E-state index contributed by atoms with van der Waals surface area (Å²) in [6, 6.07) is 6.88. The molecule has 3 rings (SSSR count). The Balaban J connectivity index is 1.64. The van der Waals surface area contributed by atoms with Crippen LogP contribution < -0.4 is 10.1 Å². The second kappa shape index (κ2) is 7.51. The summed E-state index contributed by atoms with van der Waals surface area (Å²) in [6.45, 7) is 0.680. The van der Waals surface area contributed by atoms with E-state index in [1.165, 1.54) is 0 Å². The van der Waals surface area contributed by atoms with Gasteiger partial charge in [-0.2, -0.15) is 0 Å². The molecule has 24 heavy (non-hydrogen) atoms. The van der Waals surface area contributed by atoms with E-state index in [1.54, 1.807) is 12.0 Å². The average Bonchev–Trinajstić information content (AvgIpc) is 3.12. The lowest BCUT2D eigenvalue weighted by atomic mass is 9.93. The minimum Gasteiger partial charge on any atom is -0.497 e. The van der Waals surface area contributed by atoms with Crippen LogP contribution in [0.25, 0.3) is 0 Å². The summed E-state index contributed by atoms with van der Waals surface area (Å²) in [5.41, 5.74) is 0.723. The van der Waals surface area contributed by atoms with Crippen molar-refractivity contribution < 1.29 is 14.3 Å². The minimum absolute atomic E-state index is 0.0318. The van der Waals surface area contributed by atoms with Gasteiger partial charge in [0, 0.05) is 18.2 Å². The van der Waals surface area contributed by atoms with Gasteiger partial charge in [-0.1, -0.05) is 12.2 Å². The molecule has 1 heterocycles. The molecule has 1 fully saturated rings. The van der Waals surface area contributed by atoms with Gasteiger partial charge >= 0.3 is 0 Å². The Morgan fingerprint density at radius 2 is 1.96 bits per heavy atom. The second-order valence-corrected chi connectivity index (χ2v) is 6.39. The maximum Gasteiger partial charge on any atom is 0.247 e. The van der Waals surface area contributed by atoms with Crippen LogP contribution in [-0.2, 0) is 9.59 Å². The predicted molar refractivity (Wildman–Crippen MR) is 92.8 cm³/mol. The second-order valence-electron chi connectivity index (χ2n) is 6.39. The van der Waals surface area contributed by atoms with Crippen LogP contribution in [0.2, 0.25) is 0 Å². The van der Waals surface area contributed by atoms with Crippen molar-refractivity contribution in [2.24, 2.45) is 5.92 Å². The number of benzene rings is 1. The number of methoxy groups -OCH3 is 1. The highest BCUT2D eigenvalue weighted by atomic mass is 16.5. The van der Waals surface area contributed by atoms with Gasteiger partial charge in [-0.15, -0.1) is 0 Å². The summed E-state index contributed by atoms with van der Waals surface area (Å²) in [6.07, 6.45) is 8.45. The maximum absolute atomic E-state index is 12.7. The van der Waals surface area contributed by atoms with Gasteiger partial charge in [0.2, 0.25) is 11.8 Å². The first-order chi connectivity index (χ1) is 11.7. The predicted octanol–water partition coefficient (Wildman–Crippen LogP) is 2.98. The number of nitrogens with zero attached hydrogens (tertiary/aromatic N) is 1. The molecular weight excluding hydrogens is 304 g/mol. The lowest BCUT2D eigenvalue weighted by molar-refractivity contribution is -0.140. The molecular formula is C19H24N2O3. The molecule has 2 atom stereocenters. The van der Waals surface area contributed by atoms with E-state index in [4.69, 9.17) is 4.74 Å². The number of ether oxygens (including phenoxy) is 1. The van der Waals surface area contributed by atoms with Gasteiger partial charge in [-0.3, -0.25) is 9.59 Å². The number of rotatable bonds is 4. The van der Waals surface area contributed by atoms with Gasteiger partial charge in [0.25, 0.3) is 0 Å². The molecule has 1 aromatic carbocycles. The fraction of sp³-hybridized carbons (Fsp3) is 0.474. The molecule has 128 valence electrons. The number of carbonyl (C=O) groups is 2. The highest BCUT2D eigenvalue weighted by Crippen LogP contribution is 2.27. The Hall–Kier alpha value is -2.30. The van der Waals surface area contributed by atoms with Crippen molar-refractivity contribution in [1.29, 1.82) is 0 Å². The highest BCUT2D eigenvalue weighted by Gasteiger charge is 2.36. The van der Waals surface area contributed by atoms with Crippen LogP contribution in [0.1, 0.15) is 32.1 Å². The highest BCUT2D eigenvalue weighted by molar-refractivity contribution is 5.97.